The van der Waals surface area contributed by atoms with Crippen LogP contribution in [0.4, 0.5) is 0 Å². The SMILES string of the molecule is CCC(C)C(C)n1c(=S)[nH]c2sc(C)c(C)c2c1=O. The molecule has 0 amide bonds. The zero-order valence-corrected chi connectivity index (χ0v) is 13.7. The van der Waals surface area contributed by atoms with Crippen LogP contribution in [0.25, 0.3) is 10.2 Å². The van der Waals surface area contributed by atoms with Gasteiger partial charge in [0.15, 0.2) is 4.77 Å². The van der Waals surface area contributed by atoms with Crippen molar-refractivity contribution in [3.8, 4) is 0 Å². The fourth-order valence-electron chi connectivity index (χ4n) is 2.31. The molecule has 0 saturated heterocycles. The van der Waals surface area contributed by atoms with Gasteiger partial charge in [-0.25, -0.2) is 0 Å². The van der Waals surface area contributed by atoms with Gasteiger partial charge in [0.1, 0.15) is 4.83 Å². The quantitative estimate of drug-likeness (QED) is 0.855. The minimum atomic E-state index is 0.0494. The van der Waals surface area contributed by atoms with Crippen LogP contribution in [0.15, 0.2) is 4.79 Å². The number of H-pyrrole nitrogens is 1. The van der Waals surface area contributed by atoms with Crippen LogP contribution in [0.1, 0.15) is 43.7 Å². The van der Waals surface area contributed by atoms with Crippen molar-refractivity contribution in [2.75, 3.05) is 0 Å². The molecule has 0 spiro atoms. The van der Waals surface area contributed by atoms with Gasteiger partial charge in [-0.2, -0.15) is 0 Å². The number of hydrogen-bond acceptors (Lipinski definition) is 3. The first-order valence-corrected chi connectivity index (χ1v) is 7.85. The highest BCUT2D eigenvalue weighted by Crippen LogP contribution is 2.27. The molecule has 104 valence electrons. The van der Waals surface area contributed by atoms with E-state index in [1.807, 2.05) is 13.8 Å². The third kappa shape index (κ3) is 2.30. The summed E-state index contributed by atoms with van der Waals surface area (Å²) in [5, 5.41) is 0.797. The van der Waals surface area contributed by atoms with E-state index in [2.05, 4.69) is 25.8 Å². The van der Waals surface area contributed by atoms with Crippen LogP contribution in [0.3, 0.4) is 0 Å². The van der Waals surface area contributed by atoms with Crippen molar-refractivity contribution in [1.82, 2.24) is 9.55 Å². The Hall–Kier alpha value is -0.940. The van der Waals surface area contributed by atoms with Crippen LogP contribution in [0.5, 0.6) is 0 Å². The van der Waals surface area contributed by atoms with Gasteiger partial charge >= 0.3 is 0 Å². The van der Waals surface area contributed by atoms with Gasteiger partial charge in [0, 0.05) is 10.9 Å². The number of aromatic amines is 1. The first-order chi connectivity index (χ1) is 8.88. The Morgan fingerprint density at radius 3 is 2.58 bits per heavy atom. The number of nitrogens with zero attached hydrogens (tertiary/aromatic N) is 1. The molecule has 2 aromatic heterocycles. The van der Waals surface area contributed by atoms with Gasteiger partial charge in [0.25, 0.3) is 5.56 Å². The molecule has 1 N–H and O–H groups in total. The van der Waals surface area contributed by atoms with E-state index in [9.17, 15) is 4.79 Å². The van der Waals surface area contributed by atoms with E-state index in [0.717, 1.165) is 22.2 Å². The molecule has 0 aliphatic rings. The molecule has 0 bridgehead atoms. The predicted molar refractivity (Wildman–Crippen MR) is 84.9 cm³/mol. The Labute approximate surface area is 122 Å². The molecule has 2 heterocycles. The zero-order valence-electron chi connectivity index (χ0n) is 12.0. The van der Waals surface area contributed by atoms with Crippen LogP contribution in [0, 0.1) is 24.5 Å². The summed E-state index contributed by atoms with van der Waals surface area (Å²) in [5.74, 6) is 0.422. The molecule has 2 rings (SSSR count). The molecule has 2 atom stereocenters. The number of nitrogens with one attached hydrogen (secondary N) is 1. The Morgan fingerprint density at radius 1 is 1.37 bits per heavy atom. The van der Waals surface area contributed by atoms with Crippen LogP contribution in [0.2, 0.25) is 0 Å². The van der Waals surface area contributed by atoms with Gasteiger partial charge in [-0.3, -0.25) is 9.36 Å². The zero-order chi connectivity index (χ0) is 14.3. The molecule has 0 radical (unpaired) electrons. The van der Waals surface area contributed by atoms with E-state index in [0.29, 0.717) is 10.7 Å². The normalized spacial score (nSPS) is 14.8. The smallest absolute Gasteiger partial charge is 0.263 e. The summed E-state index contributed by atoms with van der Waals surface area (Å²) in [4.78, 5) is 18.0. The second-order valence-electron chi connectivity index (χ2n) is 5.22. The first kappa shape index (κ1) is 14.5. The summed E-state index contributed by atoms with van der Waals surface area (Å²) >= 11 is 6.98. The molecule has 0 saturated carbocycles. The number of thiophene rings is 1. The number of fused-ring (bicyclic) bond motifs is 1. The van der Waals surface area contributed by atoms with Crippen molar-refractivity contribution in [1.29, 1.82) is 0 Å². The van der Waals surface area contributed by atoms with Gasteiger partial charge in [-0.15, -0.1) is 11.3 Å². The Balaban J connectivity index is 2.79. The van der Waals surface area contributed by atoms with E-state index in [1.165, 1.54) is 4.88 Å². The summed E-state index contributed by atoms with van der Waals surface area (Å²) in [6, 6.07) is 0.116. The minimum Gasteiger partial charge on any atom is -0.323 e. The molecule has 0 aliphatic carbocycles. The highest BCUT2D eigenvalue weighted by atomic mass is 32.1. The van der Waals surface area contributed by atoms with Crippen molar-refractivity contribution in [3.63, 3.8) is 0 Å². The first-order valence-electron chi connectivity index (χ1n) is 6.63. The minimum absolute atomic E-state index is 0.0494. The van der Waals surface area contributed by atoms with Crippen molar-refractivity contribution in [2.45, 2.75) is 47.1 Å². The second-order valence-corrected chi connectivity index (χ2v) is 6.83. The summed E-state index contributed by atoms with van der Waals surface area (Å²) in [6.45, 7) is 10.4. The Kier molecular flexibility index (Phi) is 3.97. The monoisotopic (exact) mass is 296 g/mol. The third-order valence-corrected chi connectivity index (χ3v) is 5.55. The van der Waals surface area contributed by atoms with Gasteiger partial charge < -0.3 is 4.98 Å². The van der Waals surface area contributed by atoms with Crippen molar-refractivity contribution in [3.05, 3.63) is 25.6 Å². The van der Waals surface area contributed by atoms with E-state index >= 15 is 0 Å². The van der Waals surface area contributed by atoms with Crippen LogP contribution < -0.4 is 5.56 Å². The molecule has 3 nitrogen and oxygen atoms in total. The van der Waals surface area contributed by atoms with Gasteiger partial charge in [0.05, 0.1) is 5.39 Å². The fraction of sp³-hybridized carbons (Fsp3) is 0.571. The van der Waals surface area contributed by atoms with Gasteiger partial charge in [-0.1, -0.05) is 20.3 Å². The third-order valence-electron chi connectivity index (χ3n) is 4.13. The van der Waals surface area contributed by atoms with E-state index < -0.39 is 0 Å². The summed E-state index contributed by atoms with van der Waals surface area (Å²) in [6.07, 6.45) is 1.03. The number of rotatable bonds is 3. The predicted octanol–water partition coefficient (Wildman–Crippen LogP) is 4.34. The summed E-state index contributed by atoms with van der Waals surface area (Å²) in [5.41, 5.74) is 1.12. The van der Waals surface area contributed by atoms with E-state index in [1.54, 1.807) is 15.9 Å². The lowest BCUT2D eigenvalue weighted by Gasteiger charge is -2.21. The second kappa shape index (κ2) is 5.21. The lowest BCUT2D eigenvalue weighted by atomic mass is 10.0. The molecule has 19 heavy (non-hydrogen) atoms. The standard InChI is InChI=1S/C14H20N2OS2/c1-6-7(2)9(4)16-13(17)11-8(3)10(5)19-12(11)15-14(16)18/h7,9H,6H2,1-5H3,(H,15,18). The van der Waals surface area contributed by atoms with E-state index in [-0.39, 0.29) is 11.6 Å². The van der Waals surface area contributed by atoms with Crippen LogP contribution in [-0.4, -0.2) is 9.55 Å². The molecule has 0 aromatic carbocycles. The highest BCUT2D eigenvalue weighted by Gasteiger charge is 2.19. The fourth-order valence-corrected chi connectivity index (χ4v) is 3.78. The Bertz CT molecular complexity index is 723. The van der Waals surface area contributed by atoms with Gasteiger partial charge in [-0.05, 0) is 44.5 Å². The van der Waals surface area contributed by atoms with Crippen molar-refractivity contribution in [2.24, 2.45) is 5.92 Å². The number of aromatic nitrogens is 2. The van der Waals surface area contributed by atoms with Crippen LogP contribution in [-0.2, 0) is 0 Å². The lowest BCUT2D eigenvalue weighted by Crippen LogP contribution is -2.28. The topological polar surface area (TPSA) is 37.8 Å². The maximum Gasteiger partial charge on any atom is 0.263 e. The molecule has 5 heteroatoms. The van der Waals surface area contributed by atoms with Gasteiger partial charge in [0.2, 0.25) is 0 Å². The van der Waals surface area contributed by atoms with Crippen molar-refractivity contribution >= 4 is 33.8 Å². The molecular weight excluding hydrogens is 276 g/mol. The molecule has 2 aromatic rings. The lowest BCUT2D eigenvalue weighted by molar-refractivity contribution is 0.357. The summed E-state index contributed by atoms with van der Waals surface area (Å²) in [7, 11) is 0. The largest absolute Gasteiger partial charge is 0.323 e. The molecule has 0 fully saturated rings. The average Bonchev–Trinajstić information content (AvgIpc) is 2.63. The molecular formula is C14H20N2OS2. The van der Waals surface area contributed by atoms with Crippen molar-refractivity contribution < 1.29 is 0 Å². The maximum absolute atomic E-state index is 12.7. The van der Waals surface area contributed by atoms with Crippen LogP contribution >= 0.6 is 23.6 Å². The van der Waals surface area contributed by atoms with E-state index in [4.69, 9.17) is 12.2 Å². The Morgan fingerprint density at radius 2 is 2.00 bits per heavy atom. The average molecular weight is 296 g/mol. The highest BCUT2D eigenvalue weighted by molar-refractivity contribution is 7.71. The molecule has 0 aliphatic heterocycles. The number of aryl methyl sites for hydroxylation is 2. The number of hydrogen-bond donors (Lipinski definition) is 1. The summed E-state index contributed by atoms with van der Waals surface area (Å²) < 4.78 is 2.27. The molecule has 2 unspecified atom stereocenters. The maximum atomic E-state index is 12.7.